The van der Waals surface area contributed by atoms with Gasteiger partial charge in [0.05, 0.1) is 0 Å². The van der Waals surface area contributed by atoms with E-state index in [9.17, 15) is 4.39 Å². The molecule has 0 amide bonds. The van der Waals surface area contributed by atoms with Gasteiger partial charge in [-0.2, -0.15) is 0 Å². The molecule has 0 radical (unpaired) electrons. The topological polar surface area (TPSA) is 55.3 Å². The van der Waals surface area contributed by atoms with Crippen molar-refractivity contribution in [1.29, 1.82) is 0 Å². The molecule has 3 nitrogen and oxygen atoms in total. The van der Waals surface area contributed by atoms with Gasteiger partial charge < -0.3 is 16.4 Å². The largest absolute Gasteiger partial charge is 0.402 e. The summed E-state index contributed by atoms with van der Waals surface area (Å²) in [5, 5.41) is 0. The van der Waals surface area contributed by atoms with Gasteiger partial charge in [-0.25, -0.2) is 4.39 Å². The third-order valence-corrected chi connectivity index (χ3v) is 7.37. The molecule has 0 aromatic heterocycles. The number of hydrogen-bond donors (Lipinski definition) is 2. The fraction of sp³-hybridized carbons (Fsp3) is 0.630. The van der Waals surface area contributed by atoms with Gasteiger partial charge in [-0.15, -0.1) is 0 Å². The van der Waals surface area contributed by atoms with E-state index in [0.717, 1.165) is 35.6 Å². The van der Waals surface area contributed by atoms with E-state index in [0.29, 0.717) is 16.5 Å². The number of likely N-dealkylation sites (tertiary alicyclic amines) is 1. The fourth-order valence-corrected chi connectivity index (χ4v) is 5.17. The monoisotopic (exact) mass is 427 g/mol. The summed E-state index contributed by atoms with van der Waals surface area (Å²) in [5.41, 5.74) is 16.5. The quantitative estimate of drug-likeness (QED) is 0.526. The molecule has 1 aliphatic heterocycles. The predicted molar refractivity (Wildman–Crippen MR) is 130 cm³/mol. The molecule has 31 heavy (non-hydrogen) atoms. The minimum Gasteiger partial charge on any atom is -0.402 e. The van der Waals surface area contributed by atoms with Crippen molar-refractivity contribution < 1.29 is 4.39 Å². The van der Waals surface area contributed by atoms with E-state index in [4.69, 9.17) is 11.5 Å². The minimum atomic E-state index is -0.271. The number of allylic oxidation sites excluding steroid dienone is 3. The molecule has 4 heteroatoms. The summed E-state index contributed by atoms with van der Waals surface area (Å²) in [6.07, 6.45) is 12.5. The normalized spacial score (nSPS) is 20.8. The van der Waals surface area contributed by atoms with Crippen LogP contribution in [0.2, 0.25) is 0 Å². The van der Waals surface area contributed by atoms with E-state index < -0.39 is 0 Å². The first-order valence-corrected chi connectivity index (χ1v) is 12.0. The van der Waals surface area contributed by atoms with Gasteiger partial charge in [0.25, 0.3) is 0 Å². The molecule has 1 heterocycles. The lowest BCUT2D eigenvalue weighted by Gasteiger charge is -2.52. The standard InChI is InChI=1S/C27H42FN3/c1-20-5-7-22(28)17-24(20)25(30)10-9-23(29)8-6-21-18-27(19-21)12-15-31(16-13-27)14-11-26(2,3)4/h5,7,9-10,17,21H,6,8,11-16,18-19,29-30H2,1-4H3/b23-9-,25-10-. The summed E-state index contributed by atoms with van der Waals surface area (Å²) >= 11 is 0. The van der Waals surface area contributed by atoms with Gasteiger partial charge in [0.2, 0.25) is 0 Å². The smallest absolute Gasteiger partial charge is 0.123 e. The van der Waals surface area contributed by atoms with Crippen LogP contribution in [0.1, 0.15) is 76.8 Å². The molecule has 2 aliphatic rings. The highest BCUT2D eigenvalue weighted by molar-refractivity contribution is 5.66. The second-order valence-corrected chi connectivity index (χ2v) is 11.3. The third-order valence-electron chi connectivity index (χ3n) is 7.37. The van der Waals surface area contributed by atoms with E-state index in [1.807, 2.05) is 19.1 Å². The average Bonchev–Trinajstić information content (AvgIpc) is 2.69. The number of piperidine rings is 1. The van der Waals surface area contributed by atoms with Crippen molar-refractivity contribution in [2.75, 3.05) is 19.6 Å². The van der Waals surface area contributed by atoms with Crippen molar-refractivity contribution in [2.45, 2.75) is 72.6 Å². The van der Waals surface area contributed by atoms with Crippen LogP contribution in [0.4, 0.5) is 4.39 Å². The Hall–Kier alpha value is -1.81. The van der Waals surface area contributed by atoms with Crippen molar-refractivity contribution in [3.63, 3.8) is 0 Å². The molecule has 2 fully saturated rings. The lowest BCUT2D eigenvalue weighted by atomic mass is 9.56. The SMILES string of the molecule is Cc1ccc(F)cc1/C(N)=C/C=C(\N)CCC1CC2(CCN(CCC(C)(C)C)CC2)C1. The molecular formula is C27H42FN3. The van der Waals surface area contributed by atoms with Gasteiger partial charge in [0, 0.05) is 17.0 Å². The van der Waals surface area contributed by atoms with Gasteiger partial charge in [-0.1, -0.05) is 26.8 Å². The number of benzene rings is 1. The number of nitrogens with zero attached hydrogens (tertiary/aromatic N) is 1. The Kier molecular flexibility index (Phi) is 7.51. The van der Waals surface area contributed by atoms with E-state index in [1.54, 1.807) is 6.07 Å². The molecule has 1 aliphatic carbocycles. The summed E-state index contributed by atoms with van der Waals surface area (Å²) in [6.45, 7) is 12.7. The molecule has 1 saturated carbocycles. The molecule has 1 spiro atoms. The van der Waals surface area contributed by atoms with Crippen molar-refractivity contribution in [1.82, 2.24) is 4.90 Å². The maximum absolute atomic E-state index is 13.5. The van der Waals surface area contributed by atoms with Crippen LogP contribution >= 0.6 is 0 Å². The van der Waals surface area contributed by atoms with Crippen LogP contribution in [0.25, 0.3) is 5.70 Å². The van der Waals surface area contributed by atoms with E-state index in [1.165, 1.54) is 63.9 Å². The summed E-state index contributed by atoms with van der Waals surface area (Å²) in [7, 11) is 0. The fourth-order valence-electron chi connectivity index (χ4n) is 5.17. The molecule has 3 rings (SSSR count). The van der Waals surface area contributed by atoms with Crippen molar-refractivity contribution >= 4 is 5.70 Å². The molecule has 172 valence electrons. The zero-order valence-corrected chi connectivity index (χ0v) is 20.0. The average molecular weight is 428 g/mol. The molecular weight excluding hydrogens is 385 g/mol. The summed E-state index contributed by atoms with van der Waals surface area (Å²) in [6, 6.07) is 4.69. The third kappa shape index (κ3) is 6.83. The van der Waals surface area contributed by atoms with Gasteiger partial charge >= 0.3 is 0 Å². The van der Waals surface area contributed by atoms with E-state index in [-0.39, 0.29) is 5.82 Å². The Morgan fingerprint density at radius 3 is 2.48 bits per heavy atom. The van der Waals surface area contributed by atoms with E-state index in [2.05, 4.69) is 25.7 Å². The predicted octanol–water partition coefficient (Wildman–Crippen LogP) is 5.98. The maximum Gasteiger partial charge on any atom is 0.123 e. The van der Waals surface area contributed by atoms with Crippen LogP contribution < -0.4 is 11.5 Å². The number of rotatable bonds is 7. The zero-order chi connectivity index (χ0) is 22.6. The maximum atomic E-state index is 13.5. The first kappa shape index (κ1) is 23.8. The Bertz CT molecular complexity index is 802. The first-order valence-electron chi connectivity index (χ1n) is 12.0. The van der Waals surface area contributed by atoms with Crippen LogP contribution in [-0.2, 0) is 0 Å². The number of nitrogens with two attached hydrogens (primary N) is 2. The van der Waals surface area contributed by atoms with Crippen LogP contribution in [0.3, 0.4) is 0 Å². The molecule has 1 aromatic rings. The van der Waals surface area contributed by atoms with Gasteiger partial charge in [0.15, 0.2) is 0 Å². The van der Waals surface area contributed by atoms with Crippen molar-refractivity contribution in [3.8, 4) is 0 Å². The summed E-state index contributed by atoms with van der Waals surface area (Å²) in [4.78, 5) is 2.67. The second kappa shape index (κ2) is 9.77. The van der Waals surface area contributed by atoms with Crippen LogP contribution in [0.5, 0.6) is 0 Å². The lowest BCUT2D eigenvalue weighted by molar-refractivity contribution is -0.0176. The van der Waals surface area contributed by atoms with Crippen molar-refractivity contribution in [2.24, 2.45) is 28.2 Å². The Morgan fingerprint density at radius 2 is 1.84 bits per heavy atom. The van der Waals surface area contributed by atoms with Gasteiger partial charge in [-0.05, 0) is 118 Å². The summed E-state index contributed by atoms with van der Waals surface area (Å²) < 4.78 is 13.5. The van der Waals surface area contributed by atoms with E-state index >= 15 is 0 Å². The number of hydrogen-bond acceptors (Lipinski definition) is 3. The zero-order valence-electron chi connectivity index (χ0n) is 20.0. The van der Waals surface area contributed by atoms with Crippen LogP contribution in [-0.4, -0.2) is 24.5 Å². The summed E-state index contributed by atoms with van der Waals surface area (Å²) in [5.74, 6) is 0.535. The number of aryl methyl sites for hydroxylation is 1. The minimum absolute atomic E-state index is 0.271. The second-order valence-electron chi connectivity index (χ2n) is 11.3. The Morgan fingerprint density at radius 1 is 1.16 bits per heavy atom. The number of halogens is 1. The highest BCUT2D eigenvalue weighted by Crippen LogP contribution is 2.54. The van der Waals surface area contributed by atoms with Crippen LogP contribution in [0, 0.1) is 29.5 Å². The molecule has 0 bridgehead atoms. The highest BCUT2D eigenvalue weighted by atomic mass is 19.1. The molecule has 0 atom stereocenters. The molecule has 1 aromatic carbocycles. The molecule has 0 unspecified atom stereocenters. The van der Waals surface area contributed by atoms with Gasteiger partial charge in [-0.3, -0.25) is 0 Å². The van der Waals surface area contributed by atoms with Crippen LogP contribution in [0.15, 0.2) is 36.0 Å². The molecule has 4 N–H and O–H groups in total. The molecule has 1 saturated heterocycles. The lowest BCUT2D eigenvalue weighted by Crippen LogP contribution is -2.47. The van der Waals surface area contributed by atoms with Gasteiger partial charge in [0.1, 0.15) is 5.82 Å². The Balaban J connectivity index is 1.40. The van der Waals surface area contributed by atoms with Crippen molar-refractivity contribution in [3.05, 3.63) is 53.0 Å². The Labute approximate surface area is 188 Å². The highest BCUT2D eigenvalue weighted by Gasteiger charge is 2.45. The first-order chi connectivity index (χ1) is 14.6.